The molecule has 0 aromatic heterocycles. The van der Waals surface area contributed by atoms with Crippen LogP contribution in [0.5, 0.6) is 0 Å². The van der Waals surface area contributed by atoms with Gasteiger partial charge in [-0.25, -0.2) is 8.78 Å². The molecule has 0 heterocycles. The van der Waals surface area contributed by atoms with Crippen LogP contribution in [0.3, 0.4) is 0 Å². The van der Waals surface area contributed by atoms with Crippen molar-refractivity contribution < 1.29 is 13.6 Å². The lowest BCUT2D eigenvalue weighted by atomic mass is 9.81. The molecule has 1 aromatic rings. The molecular weight excluding hydrogens is 212 g/mol. The molecule has 0 bridgehead atoms. The van der Waals surface area contributed by atoms with Gasteiger partial charge in [-0.2, -0.15) is 0 Å². The van der Waals surface area contributed by atoms with Crippen LogP contribution in [0.4, 0.5) is 8.78 Å². The van der Waals surface area contributed by atoms with E-state index < -0.39 is 17.0 Å². The Morgan fingerprint density at radius 3 is 2.50 bits per heavy atom. The summed E-state index contributed by atoms with van der Waals surface area (Å²) in [6.45, 7) is 3.75. The van der Waals surface area contributed by atoms with E-state index in [4.69, 9.17) is 5.73 Å². The lowest BCUT2D eigenvalue weighted by Gasteiger charge is -2.22. The first kappa shape index (κ1) is 12.8. The van der Waals surface area contributed by atoms with Gasteiger partial charge in [-0.3, -0.25) is 4.79 Å². The fourth-order valence-corrected chi connectivity index (χ4v) is 1.51. The Morgan fingerprint density at radius 2 is 2.00 bits per heavy atom. The minimum Gasteiger partial charge on any atom is -0.330 e. The Kier molecular flexibility index (Phi) is 3.75. The number of nitrogens with two attached hydrogens (primary N) is 1. The molecule has 1 rings (SSSR count). The van der Waals surface area contributed by atoms with Gasteiger partial charge in [0.25, 0.3) is 0 Å². The minimum atomic E-state index is -0.824. The van der Waals surface area contributed by atoms with Gasteiger partial charge in [0.15, 0.2) is 5.78 Å². The monoisotopic (exact) mass is 227 g/mol. The molecule has 0 unspecified atom stereocenters. The minimum absolute atomic E-state index is 0.0835. The lowest BCUT2D eigenvalue weighted by molar-refractivity contribution is 0.0825. The maximum absolute atomic E-state index is 13.4. The average Bonchev–Trinajstić information content (AvgIpc) is 2.16. The summed E-state index contributed by atoms with van der Waals surface area (Å²) < 4.78 is 26.1. The third kappa shape index (κ3) is 2.64. The Balaban J connectivity index is 3.05. The van der Waals surface area contributed by atoms with E-state index in [1.807, 2.05) is 0 Å². The molecule has 1 aromatic carbocycles. The summed E-state index contributed by atoms with van der Waals surface area (Å²) in [6.07, 6.45) is 0.461. The number of benzene rings is 1. The number of carbonyl (C=O) groups is 1. The van der Waals surface area contributed by atoms with Crippen LogP contribution in [0.25, 0.3) is 0 Å². The number of Topliss-reactive ketones (excluding diaryl/α,β-unsaturated/α-hetero) is 1. The van der Waals surface area contributed by atoms with Crippen molar-refractivity contribution in [3.05, 3.63) is 35.4 Å². The highest BCUT2D eigenvalue weighted by Crippen LogP contribution is 2.26. The molecule has 0 aliphatic rings. The molecular formula is C12H15F2NO. The molecule has 0 saturated carbocycles. The average molecular weight is 227 g/mol. The Bertz CT molecular complexity index is 402. The van der Waals surface area contributed by atoms with Gasteiger partial charge in [0.2, 0.25) is 0 Å². The zero-order chi connectivity index (χ0) is 12.3. The Labute approximate surface area is 93.5 Å². The van der Waals surface area contributed by atoms with E-state index in [-0.39, 0.29) is 11.3 Å². The fraction of sp³-hybridized carbons (Fsp3) is 0.417. The zero-order valence-corrected chi connectivity index (χ0v) is 9.39. The van der Waals surface area contributed by atoms with Crippen LogP contribution in [-0.4, -0.2) is 12.3 Å². The van der Waals surface area contributed by atoms with Gasteiger partial charge in [0.1, 0.15) is 11.6 Å². The summed E-state index contributed by atoms with van der Waals surface area (Å²) in [4.78, 5) is 12.0. The molecule has 0 radical (unpaired) electrons. The summed E-state index contributed by atoms with van der Waals surface area (Å²) in [6, 6.07) is 2.96. The van der Waals surface area contributed by atoms with Crippen LogP contribution in [-0.2, 0) is 0 Å². The van der Waals surface area contributed by atoms with Crippen molar-refractivity contribution in [1.29, 1.82) is 0 Å². The van der Waals surface area contributed by atoms with E-state index >= 15 is 0 Å². The van der Waals surface area contributed by atoms with E-state index in [0.717, 1.165) is 6.07 Å². The van der Waals surface area contributed by atoms with Gasteiger partial charge >= 0.3 is 0 Å². The van der Waals surface area contributed by atoms with Crippen molar-refractivity contribution in [1.82, 2.24) is 0 Å². The van der Waals surface area contributed by atoms with Crippen LogP contribution < -0.4 is 5.73 Å². The van der Waals surface area contributed by atoms with Gasteiger partial charge in [0.05, 0.1) is 5.56 Å². The molecule has 2 nitrogen and oxygen atoms in total. The molecule has 0 atom stereocenters. The summed E-state index contributed by atoms with van der Waals surface area (Å²) in [5, 5.41) is 0. The van der Waals surface area contributed by atoms with Gasteiger partial charge in [-0.1, -0.05) is 13.8 Å². The van der Waals surface area contributed by atoms with Crippen LogP contribution in [0.15, 0.2) is 18.2 Å². The molecule has 16 heavy (non-hydrogen) atoms. The highest BCUT2D eigenvalue weighted by Gasteiger charge is 2.29. The molecule has 0 spiro atoms. The lowest BCUT2D eigenvalue weighted by Crippen LogP contribution is -2.28. The number of ketones is 1. The first-order valence-electron chi connectivity index (χ1n) is 5.08. The standard InChI is InChI=1S/C12H15F2NO/c1-12(2,5-6-15)11(16)9-4-3-8(13)7-10(9)14/h3-4,7H,5-6,15H2,1-2H3. The summed E-state index contributed by atoms with van der Waals surface area (Å²) in [5.41, 5.74) is 4.57. The third-order valence-corrected chi connectivity index (χ3v) is 2.56. The summed E-state index contributed by atoms with van der Waals surface area (Å²) in [7, 11) is 0. The highest BCUT2D eigenvalue weighted by molar-refractivity contribution is 6.00. The SMILES string of the molecule is CC(C)(CCN)C(=O)c1ccc(F)cc1F. The fourth-order valence-electron chi connectivity index (χ4n) is 1.51. The maximum Gasteiger partial charge on any atom is 0.171 e. The summed E-state index contributed by atoms with van der Waals surface area (Å²) >= 11 is 0. The first-order valence-corrected chi connectivity index (χ1v) is 5.08. The second kappa shape index (κ2) is 4.70. The molecule has 0 aliphatic carbocycles. The highest BCUT2D eigenvalue weighted by atomic mass is 19.1. The number of rotatable bonds is 4. The second-order valence-corrected chi connectivity index (χ2v) is 4.38. The number of carbonyl (C=O) groups excluding carboxylic acids is 1. The van der Waals surface area contributed by atoms with Crippen molar-refractivity contribution in [2.75, 3.05) is 6.54 Å². The number of hydrogen-bond donors (Lipinski definition) is 1. The quantitative estimate of drug-likeness (QED) is 0.803. The van der Waals surface area contributed by atoms with Crippen molar-refractivity contribution in [2.24, 2.45) is 11.1 Å². The first-order chi connectivity index (χ1) is 7.38. The van der Waals surface area contributed by atoms with Gasteiger partial charge in [0, 0.05) is 11.5 Å². The number of halogens is 2. The van der Waals surface area contributed by atoms with Gasteiger partial charge in [-0.15, -0.1) is 0 Å². The van der Waals surface area contributed by atoms with Gasteiger partial charge < -0.3 is 5.73 Å². The third-order valence-electron chi connectivity index (χ3n) is 2.56. The molecule has 0 amide bonds. The smallest absolute Gasteiger partial charge is 0.171 e. The van der Waals surface area contributed by atoms with Crippen molar-refractivity contribution >= 4 is 5.78 Å². The molecule has 2 N–H and O–H groups in total. The van der Waals surface area contributed by atoms with Crippen LogP contribution >= 0.6 is 0 Å². The van der Waals surface area contributed by atoms with Crippen molar-refractivity contribution in [2.45, 2.75) is 20.3 Å². The summed E-state index contributed by atoms with van der Waals surface area (Å²) in [5.74, 6) is -1.86. The van der Waals surface area contributed by atoms with E-state index in [1.165, 1.54) is 6.07 Å². The van der Waals surface area contributed by atoms with Crippen LogP contribution in [0.2, 0.25) is 0 Å². The molecule has 0 aliphatic heterocycles. The van der Waals surface area contributed by atoms with E-state index in [9.17, 15) is 13.6 Å². The number of hydrogen-bond acceptors (Lipinski definition) is 2. The van der Waals surface area contributed by atoms with Gasteiger partial charge in [-0.05, 0) is 25.1 Å². The molecule has 4 heteroatoms. The van der Waals surface area contributed by atoms with Crippen LogP contribution in [0.1, 0.15) is 30.6 Å². The van der Waals surface area contributed by atoms with E-state index in [1.54, 1.807) is 13.8 Å². The normalized spacial score (nSPS) is 11.6. The van der Waals surface area contributed by atoms with E-state index in [2.05, 4.69) is 0 Å². The predicted molar refractivity (Wildman–Crippen MR) is 58.1 cm³/mol. The Morgan fingerprint density at radius 1 is 1.38 bits per heavy atom. The largest absolute Gasteiger partial charge is 0.330 e. The molecule has 88 valence electrons. The van der Waals surface area contributed by atoms with E-state index in [0.29, 0.717) is 19.0 Å². The zero-order valence-electron chi connectivity index (χ0n) is 9.39. The predicted octanol–water partition coefficient (Wildman–Crippen LogP) is 2.52. The topological polar surface area (TPSA) is 43.1 Å². The Hall–Kier alpha value is -1.29. The van der Waals surface area contributed by atoms with Crippen LogP contribution in [0, 0.1) is 17.0 Å². The maximum atomic E-state index is 13.4. The second-order valence-electron chi connectivity index (χ2n) is 4.38. The van der Waals surface area contributed by atoms with Crippen molar-refractivity contribution in [3.8, 4) is 0 Å². The molecule has 0 fully saturated rings. The molecule has 0 saturated heterocycles. The van der Waals surface area contributed by atoms with Crippen molar-refractivity contribution in [3.63, 3.8) is 0 Å².